The van der Waals surface area contributed by atoms with Crippen molar-refractivity contribution in [2.45, 2.75) is 19.8 Å². The minimum atomic E-state index is -2.06. The quantitative estimate of drug-likeness (QED) is 0.676. The average molecular weight is 196 g/mol. The second kappa shape index (κ2) is 4.62. The molecule has 0 radical (unpaired) electrons. The molecule has 1 unspecified atom stereocenters. The Morgan fingerprint density at radius 1 is 1.23 bits per heavy atom. The van der Waals surface area contributed by atoms with E-state index in [4.69, 9.17) is 0 Å². The predicted molar refractivity (Wildman–Crippen MR) is 59.4 cm³/mol. The second-order valence-electron chi connectivity index (χ2n) is 3.51. The topological polar surface area (TPSA) is 17.1 Å². The van der Waals surface area contributed by atoms with Gasteiger partial charge < -0.3 is 4.57 Å². The predicted octanol–water partition coefficient (Wildman–Crippen LogP) is 3.10. The van der Waals surface area contributed by atoms with Crippen molar-refractivity contribution in [2.75, 3.05) is 12.8 Å². The highest BCUT2D eigenvalue weighted by Gasteiger charge is 2.16. The molecule has 0 bridgehead atoms. The van der Waals surface area contributed by atoms with Crippen molar-refractivity contribution in [3.63, 3.8) is 0 Å². The lowest BCUT2D eigenvalue weighted by molar-refractivity contribution is 0.582. The van der Waals surface area contributed by atoms with Gasteiger partial charge in [-0.1, -0.05) is 43.7 Å². The Balaban J connectivity index is 2.76. The maximum absolute atomic E-state index is 12.2. The number of rotatable bonds is 4. The highest BCUT2D eigenvalue weighted by Crippen LogP contribution is 2.40. The van der Waals surface area contributed by atoms with Crippen molar-refractivity contribution in [3.05, 3.63) is 30.3 Å². The molecule has 0 spiro atoms. The van der Waals surface area contributed by atoms with Gasteiger partial charge in [0.15, 0.2) is 0 Å². The van der Waals surface area contributed by atoms with Crippen LogP contribution in [0.3, 0.4) is 0 Å². The minimum absolute atomic E-state index is 0.841. The largest absolute Gasteiger partial charge is 0.319 e. The molecule has 0 saturated carbocycles. The van der Waals surface area contributed by atoms with Gasteiger partial charge in [0.1, 0.15) is 7.14 Å². The zero-order valence-electron chi connectivity index (χ0n) is 8.36. The van der Waals surface area contributed by atoms with Crippen LogP contribution >= 0.6 is 7.14 Å². The van der Waals surface area contributed by atoms with Crippen LogP contribution in [0.1, 0.15) is 19.8 Å². The van der Waals surface area contributed by atoms with Crippen molar-refractivity contribution in [3.8, 4) is 0 Å². The summed E-state index contributed by atoms with van der Waals surface area (Å²) in [7, 11) is -2.06. The molecule has 1 rings (SSSR count). The maximum Gasteiger partial charge on any atom is 0.112 e. The van der Waals surface area contributed by atoms with Crippen LogP contribution in [-0.2, 0) is 4.57 Å². The van der Waals surface area contributed by atoms with Gasteiger partial charge in [-0.05, 0) is 13.1 Å². The van der Waals surface area contributed by atoms with Crippen molar-refractivity contribution in [1.82, 2.24) is 0 Å². The monoisotopic (exact) mass is 196 g/mol. The van der Waals surface area contributed by atoms with Gasteiger partial charge in [-0.15, -0.1) is 0 Å². The van der Waals surface area contributed by atoms with E-state index in [1.165, 1.54) is 0 Å². The lowest BCUT2D eigenvalue weighted by Gasteiger charge is -2.12. The lowest BCUT2D eigenvalue weighted by Crippen LogP contribution is -2.05. The van der Waals surface area contributed by atoms with Gasteiger partial charge in [-0.2, -0.15) is 0 Å². The van der Waals surface area contributed by atoms with E-state index in [1.807, 2.05) is 37.0 Å². The Kier molecular flexibility index (Phi) is 3.74. The van der Waals surface area contributed by atoms with Gasteiger partial charge in [0.05, 0.1) is 0 Å². The van der Waals surface area contributed by atoms with E-state index in [1.54, 1.807) is 0 Å². The van der Waals surface area contributed by atoms with Crippen LogP contribution in [0.15, 0.2) is 30.3 Å². The van der Waals surface area contributed by atoms with Gasteiger partial charge in [-0.3, -0.25) is 0 Å². The smallest absolute Gasteiger partial charge is 0.112 e. The van der Waals surface area contributed by atoms with Crippen LogP contribution in [0.2, 0.25) is 0 Å². The lowest BCUT2D eigenvalue weighted by atomic mass is 10.4. The maximum atomic E-state index is 12.2. The third kappa shape index (κ3) is 3.00. The van der Waals surface area contributed by atoms with Gasteiger partial charge in [0.2, 0.25) is 0 Å². The standard InChI is InChI=1S/C11H17OP/c1-3-4-10-13(2,12)11-8-6-5-7-9-11/h5-9H,3-4,10H2,1-2H3. The number of hydrogen-bond donors (Lipinski definition) is 0. The molecule has 0 heterocycles. The fourth-order valence-corrected chi connectivity index (χ4v) is 3.31. The molecular weight excluding hydrogens is 179 g/mol. The van der Waals surface area contributed by atoms with E-state index in [-0.39, 0.29) is 0 Å². The summed E-state index contributed by atoms with van der Waals surface area (Å²) in [6, 6.07) is 9.81. The second-order valence-corrected chi connectivity index (χ2v) is 6.68. The number of benzene rings is 1. The molecule has 0 amide bonds. The van der Waals surface area contributed by atoms with Crippen LogP contribution in [0.5, 0.6) is 0 Å². The molecule has 0 aliphatic heterocycles. The Bertz CT molecular complexity index is 292. The summed E-state index contributed by atoms with van der Waals surface area (Å²) in [4.78, 5) is 0. The molecule has 1 atom stereocenters. The number of unbranched alkanes of at least 4 members (excludes halogenated alkanes) is 1. The van der Waals surface area contributed by atoms with Gasteiger partial charge in [0, 0.05) is 11.5 Å². The summed E-state index contributed by atoms with van der Waals surface area (Å²) in [5, 5.41) is 1.02. The van der Waals surface area contributed by atoms with Crippen LogP contribution < -0.4 is 5.30 Å². The van der Waals surface area contributed by atoms with E-state index in [0.717, 1.165) is 24.3 Å². The van der Waals surface area contributed by atoms with Gasteiger partial charge in [-0.25, -0.2) is 0 Å². The summed E-state index contributed by atoms with van der Waals surface area (Å²) in [5.41, 5.74) is 0. The summed E-state index contributed by atoms with van der Waals surface area (Å²) >= 11 is 0. The Hall–Kier alpha value is -0.550. The zero-order valence-corrected chi connectivity index (χ0v) is 9.26. The first kappa shape index (κ1) is 10.5. The number of hydrogen-bond acceptors (Lipinski definition) is 1. The average Bonchev–Trinajstić information content (AvgIpc) is 2.16. The fourth-order valence-electron chi connectivity index (χ4n) is 1.33. The molecule has 13 heavy (non-hydrogen) atoms. The summed E-state index contributed by atoms with van der Waals surface area (Å²) in [6.07, 6.45) is 3.01. The molecule has 1 nitrogen and oxygen atoms in total. The van der Waals surface area contributed by atoms with Crippen molar-refractivity contribution >= 4 is 12.4 Å². The molecule has 1 aromatic rings. The molecule has 0 N–H and O–H groups in total. The first-order valence-corrected chi connectivity index (χ1v) is 7.13. The van der Waals surface area contributed by atoms with E-state index >= 15 is 0 Å². The molecule has 0 saturated heterocycles. The Morgan fingerprint density at radius 3 is 2.38 bits per heavy atom. The van der Waals surface area contributed by atoms with E-state index in [2.05, 4.69) is 6.92 Å². The Labute approximate surface area is 80.5 Å². The SMILES string of the molecule is CCCCP(C)(=O)c1ccccc1. The zero-order chi connectivity index (χ0) is 9.73. The van der Waals surface area contributed by atoms with Crippen LogP contribution in [0.25, 0.3) is 0 Å². The van der Waals surface area contributed by atoms with E-state index in [0.29, 0.717) is 0 Å². The minimum Gasteiger partial charge on any atom is -0.319 e. The van der Waals surface area contributed by atoms with Gasteiger partial charge >= 0.3 is 0 Å². The summed E-state index contributed by atoms with van der Waals surface area (Å²) < 4.78 is 12.2. The Morgan fingerprint density at radius 2 is 1.85 bits per heavy atom. The molecule has 0 aliphatic carbocycles. The van der Waals surface area contributed by atoms with E-state index in [9.17, 15) is 4.57 Å². The fraction of sp³-hybridized carbons (Fsp3) is 0.455. The first-order valence-electron chi connectivity index (χ1n) is 4.79. The van der Waals surface area contributed by atoms with Gasteiger partial charge in [0.25, 0.3) is 0 Å². The van der Waals surface area contributed by atoms with Crippen LogP contribution in [-0.4, -0.2) is 12.8 Å². The van der Waals surface area contributed by atoms with E-state index < -0.39 is 7.14 Å². The van der Waals surface area contributed by atoms with Crippen LogP contribution in [0.4, 0.5) is 0 Å². The third-order valence-corrected chi connectivity index (χ3v) is 4.80. The third-order valence-electron chi connectivity index (χ3n) is 2.24. The summed E-state index contributed by atoms with van der Waals surface area (Å²) in [5.74, 6) is 0. The highest BCUT2D eigenvalue weighted by molar-refractivity contribution is 7.70. The molecule has 72 valence electrons. The van der Waals surface area contributed by atoms with Crippen molar-refractivity contribution in [2.24, 2.45) is 0 Å². The molecule has 0 aromatic heterocycles. The molecule has 0 fully saturated rings. The first-order chi connectivity index (χ1) is 6.17. The van der Waals surface area contributed by atoms with Crippen molar-refractivity contribution in [1.29, 1.82) is 0 Å². The van der Waals surface area contributed by atoms with Crippen molar-refractivity contribution < 1.29 is 4.57 Å². The van der Waals surface area contributed by atoms with Crippen LogP contribution in [0, 0.1) is 0 Å². The highest BCUT2D eigenvalue weighted by atomic mass is 31.2. The molecule has 2 heteroatoms. The normalized spacial score (nSPS) is 15.2. The molecule has 1 aromatic carbocycles. The molecule has 0 aliphatic rings. The molecular formula is C11H17OP. The summed E-state index contributed by atoms with van der Waals surface area (Å²) in [6.45, 7) is 4.02.